The van der Waals surface area contributed by atoms with Crippen molar-refractivity contribution in [3.8, 4) is 22.5 Å². The lowest BCUT2D eigenvalue weighted by molar-refractivity contribution is 0.555. The highest BCUT2D eigenvalue weighted by atomic mass is 32.2. The molecular weight excluding hydrogens is 481 g/mol. The largest absolute Gasteiger partial charge is 0.369 e. The van der Waals surface area contributed by atoms with E-state index in [9.17, 15) is 17.2 Å². The molecule has 0 spiro atoms. The fourth-order valence-corrected chi connectivity index (χ4v) is 5.27. The van der Waals surface area contributed by atoms with Crippen molar-refractivity contribution in [2.75, 3.05) is 23.6 Å². The second-order valence-electron chi connectivity index (χ2n) is 7.96. The number of nitrogens with one attached hydrogen (secondary N) is 2. The van der Waals surface area contributed by atoms with Gasteiger partial charge in [-0.2, -0.15) is 4.98 Å². The number of hydrogen-bond donors (Lipinski definition) is 2. The summed E-state index contributed by atoms with van der Waals surface area (Å²) in [4.78, 5) is 11.7. The molecule has 2 aromatic carbocycles. The van der Waals surface area contributed by atoms with Gasteiger partial charge in [0.2, 0.25) is 5.62 Å². The third kappa shape index (κ3) is 3.89. The zero-order valence-electron chi connectivity index (χ0n) is 18.6. The maximum Gasteiger partial charge on any atom is 0.265 e. The maximum atomic E-state index is 15.9. The van der Waals surface area contributed by atoms with E-state index in [1.807, 2.05) is 4.57 Å². The monoisotopic (exact) mass is 500 g/mol. The first-order valence-corrected chi connectivity index (χ1v) is 12.0. The lowest BCUT2D eigenvalue weighted by Gasteiger charge is -2.20. The molecule has 8 nitrogen and oxygen atoms in total. The van der Waals surface area contributed by atoms with Crippen molar-refractivity contribution < 1.29 is 21.6 Å². The van der Waals surface area contributed by atoms with Gasteiger partial charge in [-0.25, -0.2) is 26.6 Å². The predicted octanol–water partition coefficient (Wildman–Crippen LogP) is 3.53. The molecule has 0 fully saturated rings. The van der Waals surface area contributed by atoms with Crippen LogP contribution >= 0.6 is 0 Å². The number of halogens is 3. The molecule has 3 aliphatic rings. The number of pyridine rings is 1. The third-order valence-corrected chi connectivity index (χ3v) is 7.12. The number of aromatic nitrogens is 3. The van der Waals surface area contributed by atoms with Gasteiger partial charge in [0.05, 0.1) is 5.69 Å². The SMILES string of the molecule is CN=c1ncc2cc(-c3c(C)ccc(NS(=O)(=O)c4cc(F)ccc4F)c3F)c3n(c-2n1)CCN3. The molecule has 0 radical (unpaired) electrons. The summed E-state index contributed by atoms with van der Waals surface area (Å²) < 4.78 is 73.0. The number of anilines is 2. The Labute approximate surface area is 198 Å². The quantitative estimate of drug-likeness (QED) is 0.447. The Kier molecular flexibility index (Phi) is 5.47. The van der Waals surface area contributed by atoms with Crippen molar-refractivity contribution in [3.63, 3.8) is 0 Å². The minimum Gasteiger partial charge on any atom is -0.369 e. The van der Waals surface area contributed by atoms with E-state index in [0.717, 1.165) is 6.07 Å². The van der Waals surface area contributed by atoms with Gasteiger partial charge in [-0.05, 0) is 42.8 Å². The molecule has 0 saturated heterocycles. The van der Waals surface area contributed by atoms with E-state index in [1.54, 1.807) is 32.3 Å². The number of benzene rings is 2. The number of hydrogen-bond acceptors (Lipinski definition) is 6. The fourth-order valence-electron chi connectivity index (χ4n) is 4.12. The fraction of sp³-hybridized carbons (Fsp3) is 0.174. The molecule has 0 bridgehead atoms. The minimum absolute atomic E-state index is 0.147. The molecule has 180 valence electrons. The van der Waals surface area contributed by atoms with Gasteiger partial charge < -0.3 is 9.88 Å². The van der Waals surface area contributed by atoms with Crippen molar-refractivity contribution in [2.24, 2.45) is 4.99 Å². The minimum atomic E-state index is -4.61. The van der Waals surface area contributed by atoms with Gasteiger partial charge in [-0.15, -0.1) is 0 Å². The van der Waals surface area contributed by atoms with E-state index in [4.69, 9.17) is 0 Å². The van der Waals surface area contributed by atoms with Crippen LogP contribution in [0, 0.1) is 24.4 Å². The van der Waals surface area contributed by atoms with Crippen molar-refractivity contribution >= 4 is 21.5 Å². The first kappa shape index (κ1) is 22.8. The van der Waals surface area contributed by atoms with Gasteiger partial charge in [0, 0.05) is 43.0 Å². The van der Waals surface area contributed by atoms with Gasteiger partial charge >= 0.3 is 0 Å². The molecule has 35 heavy (non-hydrogen) atoms. The van der Waals surface area contributed by atoms with Crippen molar-refractivity contribution in [2.45, 2.75) is 18.4 Å². The molecule has 2 aromatic rings. The Hall–Kier alpha value is -3.93. The normalized spacial score (nSPS) is 13.7. The van der Waals surface area contributed by atoms with E-state index in [-0.39, 0.29) is 5.56 Å². The summed E-state index contributed by atoms with van der Waals surface area (Å²) in [5.74, 6) is -1.72. The Morgan fingerprint density at radius 3 is 2.71 bits per heavy atom. The van der Waals surface area contributed by atoms with Gasteiger partial charge in [0.15, 0.2) is 5.82 Å². The van der Waals surface area contributed by atoms with Crippen LogP contribution in [0.25, 0.3) is 22.5 Å². The molecule has 5 rings (SSSR count). The van der Waals surface area contributed by atoms with Crippen LogP contribution < -0.4 is 15.7 Å². The number of rotatable bonds is 4. The first-order chi connectivity index (χ1) is 16.7. The van der Waals surface area contributed by atoms with Crippen molar-refractivity contribution in [3.05, 3.63) is 71.2 Å². The molecule has 0 aliphatic carbocycles. The van der Waals surface area contributed by atoms with E-state index >= 15 is 4.39 Å². The van der Waals surface area contributed by atoms with Gasteiger partial charge in [-0.3, -0.25) is 9.71 Å². The van der Waals surface area contributed by atoms with Crippen LogP contribution in [0.2, 0.25) is 0 Å². The summed E-state index contributed by atoms with van der Waals surface area (Å²) in [5, 5.41) is 3.23. The maximum absolute atomic E-state index is 15.9. The lowest BCUT2D eigenvalue weighted by atomic mass is 9.97. The molecule has 12 heteroatoms. The van der Waals surface area contributed by atoms with Crippen LogP contribution in [0.3, 0.4) is 0 Å². The highest BCUT2D eigenvalue weighted by Gasteiger charge is 2.27. The topological polar surface area (TPSA) is 101 Å². The molecule has 0 aromatic heterocycles. The number of fused-ring (bicyclic) bond motifs is 3. The summed E-state index contributed by atoms with van der Waals surface area (Å²) in [6.45, 7) is 2.85. The molecule has 0 amide bonds. The first-order valence-electron chi connectivity index (χ1n) is 10.5. The van der Waals surface area contributed by atoms with E-state index in [1.165, 1.54) is 6.07 Å². The summed E-state index contributed by atoms with van der Waals surface area (Å²) >= 11 is 0. The molecular formula is C23H19F3N6O2S. The molecule has 0 unspecified atom stereocenters. The average Bonchev–Trinajstić information content (AvgIpc) is 3.33. The predicted molar refractivity (Wildman–Crippen MR) is 124 cm³/mol. The van der Waals surface area contributed by atoms with Crippen LogP contribution in [0.4, 0.5) is 24.7 Å². The molecule has 3 heterocycles. The van der Waals surface area contributed by atoms with Crippen LogP contribution in [-0.2, 0) is 16.6 Å². The summed E-state index contributed by atoms with van der Waals surface area (Å²) in [6, 6.07) is 6.53. The zero-order chi connectivity index (χ0) is 24.9. The number of aryl methyl sites for hydroxylation is 1. The van der Waals surface area contributed by atoms with Crippen LogP contribution in [-0.4, -0.2) is 36.5 Å². The van der Waals surface area contributed by atoms with Crippen molar-refractivity contribution in [1.29, 1.82) is 0 Å². The Morgan fingerprint density at radius 1 is 1.14 bits per heavy atom. The summed E-state index contributed by atoms with van der Waals surface area (Å²) in [5.41, 5.74) is 1.73. The second-order valence-corrected chi connectivity index (χ2v) is 9.61. The van der Waals surface area contributed by atoms with Crippen LogP contribution in [0.5, 0.6) is 0 Å². The van der Waals surface area contributed by atoms with E-state index < -0.39 is 38.1 Å². The van der Waals surface area contributed by atoms with Crippen LogP contribution in [0.1, 0.15) is 5.56 Å². The van der Waals surface area contributed by atoms with Crippen LogP contribution in [0.15, 0.2) is 52.5 Å². The van der Waals surface area contributed by atoms with Crippen molar-refractivity contribution in [1.82, 2.24) is 14.5 Å². The highest BCUT2D eigenvalue weighted by molar-refractivity contribution is 7.92. The molecule has 3 aliphatic heterocycles. The van der Waals surface area contributed by atoms with E-state index in [2.05, 4.69) is 25.0 Å². The van der Waals surface area contributed by atoms with Gasteiger partial charge in [0.25, 0.3) is 10.0 Å². The zero-order valence-corrected chi connectivity index (χ0v) is 19.4. The Balaban J connectivity index is 1.67. The number of sulfonamides is 1. The second kappa shape index (κ2) is 8.38. The van der Waals surface area contributed by atoms with Gasteiger partial charge in [0.1, 0.15) is 28.2 Å². The highest BCUT2D eigenvalue weighted by Crippen LogP contribution is 2.41. The Morgan fingerprint density at radius 2 is 1.94 bits per heavy atom. The van der Waals surface area contributed by atoms with Gasteiger partial charge in [-0.1, -0.05) is 6.07 Å². The summed E-state index contributed by atoms with van der Waals surface area (Å²) in [6.07, 6.45) is 1.59. The third-order valence-electron chi connectivity index (χ3n) is 5.74. The smallest absolute Gasteiger partial charge is 0.265 e. The molecule has 0 atom stereocenters. The average molecular weight is 501 g/mol. The Bertz CT molecular complexity index is 1640. The lowest BCUT2D eigenvalue weighted by Crippen LogP contribution is -2.18. The standard InChI is InChI=1S/C23H19F3N6O2S/c1-12-3-6-17(31-35(33,34)18-10-14(24)4-5-16(18)25)20(26)19(12)15-9-13-11-29-23(27-2)30-21(13)32-8-7-28-22(15)32/h3-6,9-11,28,31H,7-8H2,1-2H3. The molecule has 2 N–H and O–H groups in total. The van der Waals surface area contributed by atoms with E-state index in [0.29, 0.717) is 59.2 Å². The number of nitrogens with zero attached hydrogens (tertiary/aromatic N) is 4. The summed E-state index contributed by atoms with van der Waals surface area (Å²) in [7, 11) is -3.03. The molecule has 0 saturated carbocycles.